The van der Waals surface area contributed by atoms with Gasteiger partial charge in [-0.1, -0.05) is 30.3 Å². The predicted molar refractivity (Wildman–Crippen MR) is 107 cm³/mol. The van der Waals surface area contributed by atoms with E-state index < -0.39 is 0 Å². The first-order valence-corrected chi connectivity index (χ1v) is 9.19. The number of aliphatic hydroxyl groups excluding tert-OH is 1. The van der Waals surface area contributed by atoms with Gasteiger partial charge >= 0.3 is 0 Å². The van der Waals surface area contributed by atoms with E-state index in [-0.39, 0.29) is 18.1 Å². The lowest BCUT2D eigenvalue weighted by Gasteiger charge is -2.26. The Morgan fingerprint density at radius 2 is 1.93 bits per heavy atom. The molecule has 4 N–H and O–H groups in total. The number of carbonyl (C=O) groups is 1. The van der Waals surface area contributed by atoms with E-state index in [4.69, 9.17) is 11.6 Å². The summed E-state index contributed by atoms with van der Waals surface area (Å²) in [6.07, 6.45) is 5.80. The molecule has 1 amide bonds. The topological polar surface area (TPSA) is 99.2 Å². The zero-order valence-electron chi connectivity index (χ0n) is 14.8. The summed E-state index contributed by atoms with van der Waals surface area (Å²) in [6, 6.07) is 7.46. The van der Waals surface area contributed by atoms with Gasteiger partial charge in [-0.05, 0) is 43.9 Å². The molecule has 8 heteroatoms. The zero-order valence-corrected chi connectivity index (χ0v) is 15.5. The number of aromatic nitrogens is 2. The van der Waals surface area contributed by atoms with E-state index in [1.54, 1.807) is 6.07 Å². The quantitative estimate of drug-likeness (QED) is 0.564. The SMILES string of the molecule is C=CC(=O)Nc1ccccc1Nc1nc(NC2CCC(O)CC2)ncc1Cl. The Kier molecular flexibility index (Phi) is 6.26. The molecule has 2 aromatic rings. The molecule has 1 heterocycles. The minimum Gasteiger partial charge on any atom is -0.393 e. The van der Waals surface area contributed by atoms with Crippen molar-refractivity contribution in [3.63, 3.8) is 0 Å². The van der Waals surface area contributed by atoms with Crippen LogP contribution in [0.3, 0.4) is 0 Å². The molecule has 1 aliphatic carbocycles. The Bertz CT molecular complexity index is 821. The van der Waals surface area contributed by atoms with E-state index >= 15 is 0 Å². The molecule has 1 aromatic heterocycles. The number of anilines is 4. The lowest BCUT2D eigenvalue weighted by Crippen LogP contribution is -2.29. The van der Waals surface area contributed by atoms with Crippen molar-refractivity contribution in [1.29, 1.82) is 0 Å². The fraction of sp³-hybridized carbons (Fsp3) is 0.316. The highest BCUT2D eigenvalue weighted by atomic mass is 35.5. The summed E-state index contributed by atoms with van der Waals surface area (Å²) in [5.41, 5.74) is 1.24. The highest BCUT2D eigenvalue weighted by molar-refractivity contribution is 6.33. The van der Waals surface area contributed by atoms with Crippen LogP contribution in [0.15, 0.2) is 43.1 Å². The molecular formula is C19H22ClN5O2. The Morgan fingerprint density at radius 3 is 2.63 bits per heavy atom. The molecule has 0 saturated heterocycles. The van der Waals surface area contributed by atoms with Gasteiger partial charge in [0.2, 0.25) is 11.9 Å². The lowest BCUT2D eigenvalue weighted by atomic mass is 9.93. The minimum absolute atomic E-state index is 0.214. The normalized spacial score (nSPS) is 19.2. The van der Waals surface area contributed by atoms with Crippen LogP contribution in [-0.4, -0.2) is 33.1 Å². The summed E-state index contributed by atoms with van der Waals surface area (Å²) in [5.74, 6) is 0.598. The summed E-state index contributed by atoms with van der Waals surface area (Å²) in [4.78, 5) is 20.3. The first-order chi connectivity index (χ1) is 13.0. The third kappa shape index (κ3) is 5.18. The fourth-order valence-corrected chi connectivity index (χ4v) is 3.08. The van der Waals surface area contributed by atoms with Crippen LogP contribution >= 0.6 is 11.6 Å². The molecule has 3 rings (SSSR count). The van der Waals surface area contributed by atoms with Crippen molar-refractivity contribution < 1.29 is 9.90 Å². The monoisotopic (exact) mass is 387 g/mol. The van der Waals surface area contributed by atoms with Gasteiger partial charge in [0.15, 0.2) is 5.82 Å². The molecule has 1 fully saturated rings. The van der Waals surface area contributed by atoms with Gasteiger partial charge in [0.1, 0.15) is 5.02 Å². The maximum Gasteiger partial charge on any atom is 0.247 e. The van der Waals surface area contributed by atoms with Crippen LogP contribution in [0.2, 0.25) is 5.02 Å². The average Bonchev–Trinajstić information content (AvgIpc) is 2.67. The molecule has 7 nitrogen and oxygen atoms in total. The summed E-state index contributed by atoms with van der Waals surface area (Å²) in [7, 11) is 0. The van der Waals surface area contributed by atoms with Crippen molar-refractivity contribution in [2.24, 2.45) is 0 Å². The molecule has 27 heavy (non-hydrogen) atoms. The van der Waals surface area contributed by atoms with Gasteiger partial charge < -0.3 is 21.1 Å². The number of rotatable bonds is 6. The maximum absolute atomic E-state index is 11.6. The number of amides is 1. The number of para-hydroxylation sites is 2. The molecule has 1 saturated carbocycles. The molecule has 0 atom stereocenters. The van der Waals surface area contributed by atoms with Gasteiger partial charge in [0.05, 0.1) is 23.7 Å². The number of halogens is 1. The Balaban J connectivity index is 1.75. The van der Waals surface area contributed by atoms with E-state index in [0.717, 1.165) is 25.7 Å². The van der Waals surface area contributed by atoms with Crippen LogP contribution in [0, 0.1) is 0 Å². The summed E-state index contributed by atoms with van der Waals surface area (Å²) in [5, 5.41) is 19.2. The number of benzene rings is 1. The standard InChI is InChI=1S/C19H22ClN5O2/c1-2-17(27)23-15-5-3-4-6-16(15)24-18-14(20)11-21-19(25-18)22-12-7-9-13(26)10-8-12/h2-6,11-13,26H,1,7-10H2,(H,23,27)(H2,21,22,24,25). The van der Waals surface area contributed by atoms with Gasteiger partial charge in [0.25, 0.3) is 0 Å². The van der Waals surface area contributed by atoms with E-state index in [1.165, 1.54) is 12.3 Å². The molecule has 142 valence electrons. The average molecular weight is 388 g/mol. The fourth-order valence-electron chi connectivity index (χ4n) is 2.94. The van der Waals surface area contributed by atoms with Gasteiger partial charge in [-0.25, -0.2) is 4.98 Å². The van der Waals surface area contributed by atoms with Crippen LogP contribution in [-0.2, 0) is 4.79 Å². The highest BCUT2D eigenvalue weighted by Gasteiger charge is 2.20. The first-order valence-electron chi connectivity index (χ1n) is 8.81. The predicted octanol–water partition coefficient (Wildman–Crippen LogP) is 3.71. The number of hydrogen-bond acceptors (Lipinski definition) is 6. The van der Waals surface area contributed by atoms with Crippen molar-refractivity contribution in [2.75, 3.05) is 16.0 Å². The molecular weight excluding hydrogens is 366 g/mol. The van der Waals surface area contributed by atoms with Crippen molar-refractivity contribution in [3.05, 3.63) is 48.1 Å². The van der Waals surface area contributed by atoms with Crippen LogP contribution in [0.5, 0.6) is 0 Å². The second-order valence-electron chi connectivity index (χ2n) is 6.40. The second kappa shape index (κ2) is 8.83. The Labute approximate surface area is 162 Å². The highest BCUT2D eigenvalue weighted by Crippen LogP contribution is 2.29. The van der Waals surface area contributed by atoms with Crippen LogP contribution in [0.4, 0.5) is 23.1 Å². The Hall–Kier alpha value is -2.64. The van der Waals surface area contributed by atoms with Gasteiger partial charge in [-0.15, -0.1) is 0 Å². The lowest BCUT2D eigenvalue weighted by molar-refractivity contribution is -0.111. The van der Waals surface area contributed by atoms with E-state index in [0.29, 0.717) is 28.2 Å². The van der Waals surface area contributed by atoms with Crippen molar-refractivity contribution in [2.45, 2.75) is 37.8 Å². The first kappa shape index (κ1) is 19.1. The Morgan fingerprint density at radius 1 is 1.22 bits per heavy atom. The third-order valence-electron chi connectivity index (χ3n) is 4.40. The van der Waals surface area contributed by atoms with Gasteiger partial charge in [0, 0.05) is 6.04 Å². The molecule has 1 aliphatic rings. The summed E-state index contributed by atoms with van der Waals surface area (Å²) >= 11 is 6.24. The van der Waals surface area contributed by atoms with Crippen LogP contribution in [0.1, 0.15) is 25.7 Å². The van der Waals surface area contributed by atoms with Crippen LogP contribution < -0.4 is 16.0 Å². The van der Waals surface area contributed by atoms with E-state index in [9.17, 15) is 9.90 Å². The van der Waals surface area contributed by atoms with Crippen molar-refractivity contribution in [3.8, 4) is 0 Å². The number of nitrogens with one attached hydrogen (secondary N) is 3. The number of hydrogen-bond donors (Lipinski definition) is 4. The van der Waals surface area contributed by atoms with Crippen molar-refractivity contribution in [1.82, 2.24) is 9.97 Å². The second-order valence-corrected chi connectivity index (χ2v) is 6.81. The number of carbonyl (C=O) groups excluding carboxylic acids is 1. The molecule has 0 aliphatic heterocycles. The number of aliphatic hydroxyl groups is 1. The van der Waals surface area contributed by atoms with Crippen LogP contribution in [0.25, 0.3) is 0 Å². The third-order valence-corrected chi connectivity index (χ3v) is 4.67. The van der Waals surface area contributed by atoms with Gasteiger partial charge in [-0.3, -0.25) is 4.79 Å². The smallest absolute Gasteiger partial charge is 0.247 e. The maximum atomic E-state index is 11.6. The van der Waals surface area contributed by atoms with Crippen molar-refractivity contribution >= 4 is 40.6 Å². The summed E-state index contributed by atoms with van der Waals surface area (Å²) in [6.45, 7) is 3.46. The number of nitrogens with zero attached hydrogens (tertiary/aromatic N) is 2. The molecule has 0 radical (unpaired) electrons. The van der Waals surface area contributed by atoms with E-state index in [1.807, 2.05) is 18.2 Å². The molecule has 1 aromatic carbocycles. The molecule has 0 bridgehead atoms. The van der Waals surface area contributed by atoms with Gasteiger partial charge in [-0.2, -0.15) is 4.98 Å². The largest absolute Gasteiger partial charge is 0.393 e. The summed E-state index contributed by atoms with van der Waals surface area (Å²) < 4.78 is 0. The molecule has 0 spiro atoms. The minimum atomic E-state index is -0.306. The molecule has 0 unspecified atom stereocenters. The van der Waals surface area contributed by atoms with E-state index in [2.05, 4.69) is 32.5 Å². The zero-order chi connectivity index (χ0) is 19.2.